The summed E-state index contributed by atoms with van der Waals surface area (Å²) in [6.45, 7) is 5.10. The summed E-state index contributed by atoms with van der Waals surface area (Å²) in [5, 5.41) is 0. The highest BCUT2D eigenvalue weighted by Gasteiger charge is 2.30. The molecule has 0 atom stereocenters. The summed E-state index contributed by atoms with van der Waals surface area (Å²) in [6, 6.07) is 7.94. The number of aromatic nitrogens is 1. The first-order valence-electron chi connectivity index (χ1n) is 9.57. The Bertz CT molecular complexity index is 1010. The maximum absolute atomic E-state index is 13.2. The minimum absolute atomic E-state index is 0.0229. The van der Waals surface area contributed by atoms with Crippen LogP contribution in [0, 0.1) is 13.8 Å². The molecule has 0 saturated heterocycles. The summed E-state index contributed by atoms with van der Waals surface area (Å²) in [7, 11) is -0.756. The van der Waals surface area contributed by atoms with Gasteiger partial charge in [0.25, 0.3) is 0 Å². The van der Waals surface area contributed by atoms with E-state index in [1.165, 1.54) is 19.2 Å². The van der Waals surface area contributed by atoms with E-state index in [-0.39, 0.29) is 36.9 Å². The van der Waals surface area contributed by atoms with Crippen molar-refractivity contribution in [2.45, 2.75) is 25.7 Å². The number of nitrogens with zero attached hydrogens (tertiary/aromatic N) is 2. The van der Waals surface area contributed by atoms with E-state index in [4.69, 9.17) is 9.47 Å². The summed E-state index contributed by atoms with van der Waals surface area (Å²) in [6.07, 6.45) is 0. The second-order valence-corrected chi connectivity index (χ2v) is 8.72. The number of benzene rings is 1. The van der Waals surface area contributed by atoms with Gasteiger partial charge in [0.2, 0.25) is 10.0 Å². The third-order valence-electron chi connectivity index (χ3n) is 4.92. The van der Waals surface area contributed by atoms with E-state index in [1.54, 1.807) is 50.6 Å². The van der Waals surface area contributed by atoms with Gasteiger partial charge in [-0.3, -0.25) is 4.79 Å². The van der Waals surface area contributed by atoms with E-state index in [1.807, 2.05) is 0 Å². The predicted molar refractivity (Wildman–Crippen MR) is 112 cm³/mol. The molecule has 0 aliphatic heterocycles. The van der Waals surface area contributed by atoms with Crippen LogP contribution < -0.4 is 0 Å². The van der Waals surface area contributed by atoms with E-state index in [0.717, 1.165) is 4.31 Å². The summed E-state index contributed by atoms with van der Waals surface area (Å²) >= 11 is 0. The minimum Gasteiger partial charge on any atom is -0.461 e. The Morgan fingerprint density at radius 2 is 1.77 bits per heavy atom. The molecule has 2 aromatic rings. The highest BCUT2D eigenvalue weighted by Crippen LogP contribution is 2.24. The van der Waals surface area contributed by atoms with Crippen molar-refractivity contribution in [2.24, 2.45) is 7.05 Å². The molecular weight excluding hydrogens is 408 g/mol. The number of methoxy groups -OCH3 is 1. The van der Waals surface area contributed by atoms with Crippen molar-refractivity contribution in [3.63, 3.8) is 0 Å². The van der Waals surface area contributed by atoms with Gasteiger partial charge >= 0.3 is 5.97 Å². The molecule has 0 N–H and O–H groups in total. The van der Waals surface area contributed by atoms with Gasteiger partial charge < -0.3 is 14.0 Å². The van der Waals surface area contributed by atoms with Gasteiger partial charge in [-0.05, 0) is 38.5 Å². The Balaban J connectivity index is 2.42. The summed E-state index contributed by atoms with van der Waals surface area (Å²) in [5.41, 5.74) is 1.66. The van der Waals surface area contributed by atoms with Crippen LogP contribution in [0.5, 0.6) is 0 Å². The van der Waals surface area contributed by atoms with Crippen molar-refractivity contribution in [1.82, 2.24) is 8.87 Å². The Kier molecular flexibility index (Phi) is 7.94. The molecule has 0 radical (unpaired) electrons. The van der Waals surface area contributed by atoms with Crippen molar-refractivity contribution >= 4 is 21.8 Å². The fourth-order valence-electron chi connectivity index (χ4n) is 3.34. The molecule has 0 fully saturated rings. The zero-order chi connectivity index (χ0) is 22.5. The van der Waals surface area contributed by atoms with E-state index < -0.39 is 21.8 Å². The summed E-state index contributed by atoms with van der Waals surface area (Å²) in [5.74, 6) is -0.917. The normalized spacial score (nSPS) is 11.7. The molecule has 0 spiro atoms. The maximum Gasteiger partial charge on any atom is 0.355 e. The van der Waals surface area contributed by atoms with Gasteiger partial charge in [-0.2, -0.15) is 4.31 Å². The first-order valence-corrected chi connectivity index (χ1v) is 11.0. The monoisotopic (exact) mass is 436 g/mol. The van der Waals surface area contributed by atoms with Crippen LogP contribution in [0.4, 0.5) is 0 Å². The molecule has 1 heterocycles. The number of hydrogen-bond donors (Lipinski definition) is 0. The highest BCUT2D eigenvalue weighted by molar-refractivity contribution is 7.89. The van der Waals surface area contributed by atoms with Crippen molar-refractivity contribution in [3.8, 4) is 0 Å². The fraction of sp³-hybridized carbons (Fsp3) is 0.429. The first-order chi connectivity index (χ1) is 14.2. The number of sulfonamides is 1. The molecule has 0 aliphatic carbocycles. The van der Waals surface area contributed by atoms with E-state index >= 15 is 0 Å². The number of esters is 1. The predicted octanol–water partition coefficient (Wildman–Crippen LogP) is 2.34. The van der Waals surface area contributed by atoms with Crippen LogP contribution in [-0.4, -0.2) is 62.5 Å². The van der Waals surface area contributed by atoms with Crippen molar-refractivity contribution in [1.29, 1.82) is 0 Å². The topological polar surface area (TPSA) is 94.9 Å². The molecule has 0 saturated carbocycles. The lowest BCUT2D eigenvalue weighted by molar-refractivity contribution is 0.0514. The molecule has 0 unspecified atom stereocenters. The van der Waals surface area contributed by atoms with Gasteiger partial charge in [-0.1, -0.05) is 18.2 Å². The van der Waals surface area contributed by atoms with Crippen LogP contribution in [0.1, 0.15) is 39.0 Å². The fourth-order valence-corrected chi connectivity index (χ4v) is 4.74. The number of hydrogen-bond acceptors (Lipinski definition) is 6. The lowest BCUT2D eigenvalue weighted by Crippen LogP contribution is -2.38. The Morgan fingerprint density at radius 1 is 1.13 bits per heavy atom. The molecule has 164 valence electrons. The Morgan fingerprint density at radius 3 is 2.33 bits per heavy atom. The number of ether oxygens (including phenoxy) is 2. The molecular formula is C21H28N2O6S. The van der Waals surface area contributed by atoms with Gasteiger partial charge in [0, 0.05) is 32.0 Å². The van der Waals surface area contributed by atoms with Crippen molar-refractivity contribution in [3.05, 3.63) is 52.8 Å². The van der Waals surface area contributed by atoms with Crippen LogP contribution in [0.25, 0.3) is 0 Å². The minimum atomic E-state index is -3.90. The standard InChI is InChI=1S/C21H28N2O6S/c1-6-29-21(25)20-15(2)19(16(3)22(20)4)18(24)14-23(12-13-28-5)30(26,27)17-10-8-7-9-11-17/h7-11H,6,12-14H2,1-5H3. The van der Waals surface area contributed by atoms with Crippen LogP contribution in [0.2, 0.25) is 0 Å². The zero-order valence-corrected chi connectivity index (χ0v) is 18.8. The summed E-state index contributed by atoms with van der Waals surface area (Å²) in [4.78, 5) is 25.6. The lowest BCUT2D eigenvalue weighted by atomic mass is 10.1. The van der Waals surface area contributed by atoms with Gasteiger partial charge in [-0.25, -0.2) is 13.2 Å². The molecule has 30 heavy (non-hydrogen) atoms. The van der Waals surface area contributed by atoms with Gasteiger partial charge in [0.1, 0.15) is 5.69 Å². The molecule has 0 aliphatic rings. The van der Waals surface area contributed by atoms with Gasteiger partial charge in [-0.15, -0.1) is 0 Å². The molecule has 1 aromatic heterocycles. The molecule has 1 aromatic carbocycles. The van der Waals surface area contributed by atoms with Crippen LogP contribution in [0.3, 0.4) is 0 Å². The molecule has 9 heteroatoms. The average molecular weight is 437 g/mol. The van der Waals surface area contributed by atoms with Crippen LogP contribution in [0.15, 0.2) is 35.2 Å². The highest BCUT2D eigenvalue weighted by atomic mass is 32.2. The van der Waals surface area contributed by atoms with Crippen LogP contribution >= 0.6 is 0 Å². The molecule has 2 rings (SSSR count). The summed E-state index contributed by atoms with van der Waals surface area (Å²) < 4.78 is 39.0. The number of rotatable bonds is 10. The average Bonchev–Trinajstić information content (AvgIpc) is 2.94. The van der Waals surface area contributed by atoms with Crippen molar-refractivity contribution in [2.75, 3.05) is 33.4 Å². The van der Waals surface area contributed by atoms with E-state index in [0.29, 0.717) is 16.8 Å². The second-order valence-electron chi connectivity index (χ2n) is 6.78. The Hall–Kier alpha value is -2.49. The molecule has 8 nitrogen and oxygen atoms in total. The largest absolute Gasteiger partial charge is 0.461 e. The number of ketones is 1. The SMILES string of the molecule is CCOC(=O)c1c(C)c(C(=O)CN(CCOC)S(=O)(=O)c2ccccc2)c(C)n1C. The molecule has 0 bridgehead atoms. The quantitative estimate of drug-likeness (QED) is 0.419. The third kappa shape index (κ3) is 4.80. The van der Waals surface area contributed by atoms with E-state index in [2.05, 4.69) is 0 Å². The van der Waals surface area contributed by atoms with Gasteiger partial charge in [0.05, 0.1) is 24.7 Å². The lowest BCUT2D eigenvalue weighted by Gasteiger charge is -2.21. The zero-order valence-electron chi connectivity index (χ0n) is 18.0. The number of carbonyl (C=O) groups is 2. The van der Waals surface area contributed by atoms with E-state index in [9.17, 15) is 18.0 Å². The second kappa shape index (κ2) is 10.0. The number of carbonyl (C=O) groups excluding carboxylic acids is 2. The van der Waals surface area contributed by atoms with Gasteiger partial charge in [0.15, 0.2) is 5.78 Å². The maximum atomic E-state index is 13.2. The van der Waals surface area contributed by atoms with Crippen LogP contribution in [-0.2, 0) is 26.5 Å². The first kappa shape index (κ1) is 23.8. The molecule has 0 amide bonds. The Labute approximate surface area is 177 Å². The van der Waals surface area contributed by atoms with Crippen molar-refractivity contribution < 1.29 is 27.5 Å². The smallest absolute Gasteiger partial charge is 0.355 e. The number of Topliss-reactive ketones (excluding diaryl/α,β-unsaturated/α-hetero) is 1. The third-order valence-corrected chi connectivity index (χ3v) is 6.78.